The number of rotatable bonds is 1. The zero-order valence-corrected chi connectivity index (χ0v) is 9.85. The van der Waals surface area contributed by atoms with Crippen LogP contribution < -0.4 is 0 Å². The number of methoxy groups -OCH3 is 1. The molecule has 0 aromatic rings. The van der Waals surface area contributed by atoms with Gasteiger partial charge in [-0.15, -0.1) is 0 Å². The predicted octanol–water partition coefficient (Wildman–Crippen LogP) is 3.32. The largest absolute Gasteiger partial charge is 0.373 e. The van der Waals surface area contributed by atoms with Gasteiger partial charge in [-0.1, -0.05) is 26.8 Å². The van der Waals surface area contributed by atoms with Crippen molar-refractivity contribution in [3.8, 4) is 0 Å². The molecule has 0 aromatic heterocycles. The minimum Gasteiger partial charge on any atom is -0.373 e. The molecule has 0 bridgehead atoms. The van der Waals surface area contributed by atoms with Gasteiger partial charge in [-0.25, -0.2) is 0 Å². The average Bonchev–Trinajstić information content (AvgIpc) is 2.75. The minimum atomic E-state index is 0.0683. The second kappa shape index (κ2) is 2.73. The lowest BCUT2D eigenvalue weighted by Crippen LogP contribution is -2.20. The molecular formula is C13H20O. The van der Waals surface area contributed by atoms with Crippen molar-refractivity contribution in [1.29, 1.82) is 0 Å². The standard InChI is InChI=1S/C13H20O/c1-9-7-13(14-5)8-10(13)6-11(9)12(2,3)4/h6-7,10H,8H2,1-5H3. The Morgan fingerprint density at radius 1 is 1.43 bits per heavy atom. The van der Waals surface area contributed by atoms with Crippen LogP contribution in [0.5, 0.6) is 0 Å². The molecule has 0 heterocycles. The van der Waals surface area contributed by atoms with Crippen LogP contribution in [0.4, 0.5) is 0 Å². The van der Waals surface area contributed by atoms with Gasteiger partial charge >= 0.3 is 0 Å². The van der Waals surface area contributed by atoms with Gasteiger partial charge in [0.05, 0.1) is 5.60 Å². The van der Waals surface area contributed by atoms with Gasteiger partial charge in [0.2, 0.25) is 0 Å². The first-order valence-electron chi connectivity index (χ1n) is 5.36. The predicted molar refractivity (Wildman–Crippen MR) is 59.1 cm³/mol. The van der Waals surface area contributed by atoms with Gasteiger partial charge in [0.1, 0.15) is 0 Å². The molecule has 2 rings (SSSR count). The molecule has 0 spiro atoms. The van der Waals surface area contributed by atoms with E-state index >= 15 is 0 Å². The van der Waals surface area contributed by atoms with Crippen LogP contribution in [0.3, 0.4) is 0 Å². The normalized spacial score (nSPS) is 35.9. The fourth-order valence-electron chi connectivity index (χ4n) is 2.56. The molecule has 2 aliphatic carbocycles. The molecule has 2 atom stereocenters. The maximum atomic E-state index is 5.56. The Morgan fingerprint density at radius 2 is 2.07 bits per heavy atom. The molecule has 1 saturated carbocycles. The summed E-state index contributed by atoms with van der Waals surface area (Å²) >= 11 is 0. The third kappa shape index (κ3) is 1.35. The highest BCUT2D eigenvalue weighted by Crippen LogP contribution is 2.54. The molecule has 0 aromatic carbocycles. The molecule has 0 saturated heterocycles. The quantitative estimate of drug-likeness (QED) is 0.619. The summed E-state index contributed by atoms with van der Waals surface area (Å²) in [6.45, 7) is 9.03. The van der Waals surface area contributed by atoms with E-state index in [4.69, 9.17) is 4.74 Å². The van der Waals surface area contributed by atoms with Crippen molar-refractivity contribution in [2.75, 3.05) is 7.11 Å². The van der Waals surface area contributed by atoms with E-state index in [9.17, 15) is 0 Å². The molecular weight excluding hydrogens is 172 g/mol. The molecule has 0 N–H and O–H groups in total. The molecule has 78 valence electrons. The minimum absolute atomic E-state index is 0.0683. The third-order valence-electron chi connectivity index (χ3n) is 3.45. The van der Waals surface area contributed by atoms with E-state index in [1.54, 1.807) is 0 Å². The first kappa shape index (κ1) is 9.97. The SMILES string of the molecule is COC12C=C(C)C(C(C)(C)C)=CC1C2. The lowest BCUT2D eigenvalue weighted by molar-refractivity contribution is 0.110. The highest BCUT2D eigenvalue weighted by molar-refractivity contribution is 5.46. The highest BCUT2D eigenvalue weighted by Gasteiger charge is 2.54. The summed E-state index contributed by atoms with van der Waals surface area (Å²) < 4.78 is 5.56. The highest BCUT2D eigenvalue weighted by atomic mass is 16.5. The molecule has 0 amide bonds. The van der Waals surface area contributed by atoms with Gasteiger partial charge in [-0.2, -0.15) is 0 Å². The maximum absolute atomic E-state index is 5.56. The van der Waals surface area contributed by atoms with Crippen molar-refractivity contribution >= 4 is 0 Å². The first-order chi connectivity index (χ1) is 6.39. The van der Waals surface area contributed by atoms with Crippen LogP contribution >= 0.6 is 0 Å². The molecule has 14 heavy (non-hydrogen) atoms. The Kier molecular flexibility index (Phi) is 1.94. The molecule has 0 radical (unpaired) electrons. The molecule has 2 unspecified atom stereocenters. The first-order valence-corrected chi connectivity index (χ1v) is 5.36. The summed E-state index contributed by atoms with van der Waals surface area (Å²) in [7, 11) is 1.82. The monoisotopic (exact) mass is 192 g/mol. The van der Waals surface area contributed by atoms with Crippen molar-refractivity contribution in [2.24, 2.45) is 11.3 Å². The number of hydrogen-bond acceptors (Lipinski definition) is 1. The summed E-state index contributed by atoms with van der Waals surface area (Å²) in [6, 6.07) is 0. The van der Waals surface area contributed by atoms with Gasteiger partial charge in [-0.05, 0) is 36.0 Å². The summed E-state index contributed by atoms with van der Waals surface area (Å²) in [5.41, 5.74) is 3.22. The Hall–Kier alpha value is -0.560. The van der Waals surface area contributed by atoms with Crippen molar-refractivity contribution < 1.29 is 4.74 Å². The van der Waals surface area contributed by atoms with E-state index in [0.717, 1.165) is 0 Å². The Morgan fingerprint density at radius 3 is 2.57 bits per heavy atom. The fourth-order valence-corrected chi connectivity index (χ4v) is 2.56. The fraction of sp³-hybridized carbons (Fsp3) is 0.692. The van der Waals surface area contributed by atoms with Crippen molar-refractivity contribution in [3.05, 3.63) is 23.3 Å². The van der Waals surface area contributed by atoms with E-state index in [1.807, 2.05) is 7.11 Å². The Labute approximate surface area is 86.8 Å². The van der Waals surface area contributed by atoms with Gasteiger partial charge in [0.15, 0.2) is 0 Å². The lowest BCUT2D eigenvalue weighted by Gasteiger charge is -2.28. The van der Waals surface area contributed by atoms with Crippen molar-refractivity contribution in [3.63, 3.8) is 0 Å². The molecule has 0 aliphatic heterocycles. The van der Waals surface area contributed by atoms with Crippen LogP contribution in [-0.2, 0) is 4.74 Å². The number of ether oxygens (including phenoxy) is 1. The molecule has 1 heteroatoms. The van der Waals surface area contributed by atoms with Crippen LogP contribution in [0.25, 0.3) is 0 Å². The summed E-state index contributed by atoms with van der Waals surface area (Å²) in [6.07, 6.45) is 5.90. The second-order valence-corrected chi connectivity index (χ2v) is 5.63. The van der Waals surface area contributed by atoms with Gasteiger partial charge in [-0.3, -0.25) is 0 Å². The van der Waals surface area contributed by atoms with E-state index < -0.39 is 0 Å². The Bertz CT molecular complexity index is 317. The Balaban J connectivity index is 2.31. The van der Waals surface area contributed by atoms with Gasteiger partial charge in [0, 0.05) is 13.0 Å². The van der Waals surface area contributed by atoms with Gasteiger partial charge < -0.3 is 4.74 Å². The van der Waals surface area contributed by atoms with Crippen molar-refractivity contribution in [1.82, 2.24) is 0 Å². The topological polar surface area (TPSA) is 9.23 Å². The van der Waals surface area contributed by atoms with Crippen LogP contribution in [0.15, 0.2) is 23.3 Å². The smallest absolute Gasteiger partial charge is 0.0934 e. The van der Waals surface area contributed by atoms with Gasteiger partial charge in [0.25, 0.3) is 0 Å². The molecule has 1 fully saturated rings. The van der Waals surface area contributed by atoms with Crippen LogP contribution in [0, 0.1) is 11.3 Å². The molecule has 2 aliphatic rings. The third-order valence-corrected chi connectivity index (χ3v) is 3.45. The summed E-state index contributed by atoms with van der Waals surface area (Å²) in [4.78, 5) is 0. The van der Waals surface area contributed by atoms with Crippen LogP contribution in [0.2, 0.25) is 0 Å². The van der Waals surface area contributed by atoms with E-state index in [0.29, 0.717) is 5.92 Å². The van der Waals surface area contributed by atoms with E-state index in [1.165, 1.54) is 17.6 Å². The second-order valence-electron chi connectivity index (χ2n) is 5.63. The summed E-state index contributed by atoms with van der Waals surface area (Å²) in [5, 5.41) is 0. The summed E-state index contributed by atoms with van der Waals surface area (Å²) in [5.74, 6) is 0.630. The van der Waals surface area contributed by atoms with Crippen LogP contribution in [0.1, 0.15) is 34.1 Å². The number of fused-ring (bicyclic) bond motifs is 1. The lowest BCUT2D eigenvalue weighted by atomic mass is 9.79. The zero-order chi connectivity index (χ0) is 10.6. The van der Waals surface area contributed by atoms with Crippen molar-refractivity contribution in [2.45, 2.75) is 39.7 Å². The average molecular weight is 192 g/mol. The molecule has 1 nitrogen and oxygen atoms in total. The maximum Gasteiger partial charge on any atom is 0.0934 e. The number of allylic oxidation sites excluding steroid dienone is 2. The van der Waals surface area contributed by atoms with E-state index in [-0.39, 0.29) is 11.0 Å². The van der Waals surface area contributed by atoms with E-state index in [2.05, 4.69) is 39.8 Å². The van der Waals surface area contributed by atoms with Crippen LogP contribution in [-0.4, -0.2) is 12.7 Å². The number of hydrogen-bond donors (Lipinski definition) is 0. The zero-order valence-electron chi connectivity index (χ0n) is 9.85.